The lowest BCUT2D eigenvalue weighted by atomic mass is 10.1. The van der Waals surface area contributed by atoms with Crippen molar-refractivity contribution < 1.29 is 9.53 Å². The molecule has 21 heavy (non-hydrogen) atoms. The summed E-state index contributed by atoms with van der Waals surface area (Å²) in [5.74, 6) is 0.353. The van der Waals surface area contributed by atoms with Gasteiger partial charge < -0.3 is 10.1 Å². The number of ether oxygens (including phenoxy) is 1. The fourth-order valence-electron chi connectivity index (χ4n) is 2.05. The minimum Gasteiger partial charge on any atom is -0.459 e. The van der Waals surface area contributed by atoms with E-state index in [1.54, 1.807) is 18.2 Å². The Morgan fingerprint density at radius 2 is 1.86 bits per heavy atom. The maximum atomic E-state index is 12.4. The first kappa shape index (κ1) is 16.6. The van der Waals surface area contributed by atoms with Crippen LogP contribution in [0.2, 0.25) is 10.0 Å². The molecule has 1 aliphatic rings. The molecule has 1 N–H and O–H groups in total. The Bertz CT molecular complexity index is 501. The number of nitrogens with one attached hydrogen (secondary N) is 1. The molecular formula is C16H21Cl2NO2. The highest BCUT2D eigenvalue weighted by atomic mass is 35.5. The Hall–Kier alpha value is -0.770. The van der Waals surface area contributed by atoms with E-state index in [0.29, 0.717) is 16.0 Å². The van der Waals surface area contributed by atoms with E-state index in [2.05, 4.69) is 5.32 Å². The first-order valence-electron chi connectivity index (χ1n) is 7.17. The van der Waals surface area contributed by atoms with Crippen molar-refractivity contribution in [3.05, 3.63) is 33.8 Å². The largest absolute Gasteiger partial charge is 0.459 e. The third-order valence-electron chi connectivity index (χ3n) is 3.17. The minimum absolute atomic E-state index is 0.304. The summed E-state index contributed by atoms with van der Waals surface area (Å²) in [4.78, 5) is 12.4. The van der Waals surface area contributed by atoms with Crippen molar-refractivity contribution in [3.8, 4) is 0 Å². The molecule has 0 aromatic heterocycles. The third-order valence-corrected chi connectivity index (χ3v) is 3.60. The molecule has 1 fully saturated rings. The fraction of sp³-hybridized carbons (Fsp3) is 0.562. The highest BCUT2D eigenvalue weighted by molar-refractivity contribution is 6.34. The molecule has 0 spiro atoms. The predicted molar refractivity (Wildman–Crippen MR) is 85.8 cm³/mol. The number of carbonyl (C=O) groups is 1. The van der Waals surface area contributed by atoms with Crippen LogP contribution in [0.15, 0.2) is 18.2 Å². The molecule has 0 aliphatic heterocycles. The van der Waals surface area contributed by atoms with Gasteiger partial charge in [-0.1, -0.05) is 23.2 Å². The number of halogens is 2. The van der Waals surface area contributed by atoms with Gasteiger partial charge in [0.15, 0.2) is 0 Å². The average molecular weight is 330 g/mol. The minimum atomic E-state index is -0.541. The van der Waals surface area contributed by atoms with Gasteiger partial charge in [-0.05, 0) is 69.8 Å². The van der Waals surface area contributed by atoms with Crippen LogP contribution in [0.3, 0.4) is 0 Å². The first-order chi connectivity index (χ1) is 9.74. The number of hydrogen-bond acceptors (Lipinski definition) is 3. The van der Waals surface area contributed by atoms with Crippen LogP contribution < -0.4 is 5.32 Å². The summed E-state index contributed by atoms with van der Waals surface area (Å²) in [6.45, 7) is 6.36. The Morgan fingerprint density at radius 3 is 2.33 bits per heavy atom. The van der Waals surface area contributed by atoms with Crippen LogP contribution in [0.1, 0.15) is 45.2 Å². The zero-order valence-electron chi connectivity index (χ0n) is 12.6. The molecular weight excluding hydrogens is 309 g/mol. The Labute approximate surface area is 136 Å². The number of carbonyl (C=O) groups excluding carboxylic acids is 1. The summed E-state index contributed by atoms with van der Waals surface area (Å²) in [5.41, 5.74) is 0.210. The van der Waals surface area contributed by atoms with Gasteiger partial charge in [-0.15, -0.1) is 0 Å². The lowest BCUT2D eigenvalue weighted by molar-refractivity contribution is -0.157. The van der Waals surface area contributed by atoms with Crippen LogP contribution in [-0.4, -0.2) is 18.1 Å². The Kier molecular flexibility index (Phi) is 5.18. The maximum absolute atomic E-state index is 12.4. The molecule has 116 valence electrons. The molecule has 0 amide bonds. The van der Waals surface area contributed by atoms with Gasteiger partial charge in [0, 0.05) is 10.0 Å². The van der Waals surface area contributed by atoms with Crippen LogP contribution in [0.4, 0.5) is 0 Å². The van der Waals surface area contributed by atoms with Gasteiger partial charge in [0.25, 0.3) is 0 Å². The summed E-state index contributed by atoms with van der Waals surface area (Å²) in [6.07, 6.45) is 2.43. The summed E-state index contributed by atoms with van der Waals surface area (Å²) in [5, 5.41) is 4.31. The van der Waals surface area contributed by atoms with E-state index >= 15 is 0 Å². The van der Waals surface area contributed by atoms with Crippen molar-refractivity contribution >= 4 is 29.2 Å². The van der Waals surface area contributed by atoms with E-state index in [-0.39, 0.29) is 5.97 Å². The van der Waals surface area contributed by atoms with Gasteiger partial charge in [-0.3, -0.25) is 0 Å². The van der Waals surface area contributed by atoms with Crippen molar-refractivity contribution in [2.24, 2.45) is 5.92 Å². The molecule has 0 radical (unpaired) electrons. The summed E-state index contributed by atoms with van der Waals surface area (Å²) >= 11 is 12.1. The molecule has 0 bridgehead atoms. The molecule has 3 nitrogen and oxygen atoms in total. The zero-order valence-corrected chi connectivity index (χ0v) is 14.1. The van der Waals surface area contributed by atoms with E-state index in [4.69, 9.17) is 27.9 Å². The summed E-state index contributed by atoms with van der Waals surface area (Å²) in [7, 11) is 0. The standard InChI is InChI=1S/C16H21Cl2NO2/c1-16(2,3)21-15(20)14(19-9-10-4-5-10)11-6-12(17)8-13(18)7-11/h6-8,10,14,19H,4-5,9H2,1-3H3. The SMILES string of the molecule is CC(C)(C)OC(=O)C(NCC1CC1)c1cc(Cl)cc(Cl)c1. The van der Waals surface area contributed by atoms with Crippen LogP contribution in [0.25, 0.3) is 0 Å². The smallest absolute Gasteiger partial charge is 0.328 e. The second-order valence-electron chi connectivity index (χ2n) is 6.52. The monoisotopic (exact) mass is 329 g/mol. The van der Waals surface area contributed by atoms with Gasteiger partial charge in [-0.2, -0.15) is 0 Å². The topological polar surface area (TPSA) is 38.3 Å². The lowest BCUT2D eigenvalue weighted by Crippen LogP contribution is -2.36. The predicted octanol–water partition coefficient (Wildman–Crippen LogP) is 4.38. The van der Waals surface area contributed by atoms with E-state index in [9.17, 15) is 4.79 Å². The van der Waals surface area contributed by atoms with Crippen LogP contribution in [-0.2, 0) is 9.53 Å². The number of benzene rings is 1. The van der Waals surface area contributed by atoms with Gasteiger partial charge in [0.1, 0.15) is 11.6 Å². The van der Waals surface area contributed by atoms with E-state index in [1.807, 2.05) is 20.8 Å². The molecule has 1 atom stereocenters. The highest BCUT2D eigenvalue weighted by Gasteiger charge is 2.29. The van der Waals surface area contributed by atoms with E-state index < -0.39 is 11.6 Å². The number of esters is 1. The normalized spacial score (nSPS) is 16.6. The molecule has 0 heterocycles. The molecule has 1 aromatic carbocycles. The van der Waals surface area contributed by atoms with E-state index in [1.165, 1.54) is 12.8 Å². The lowest BCUT2D eigenvalue weighted by Gasteiger charge is -2.25. The first-order valence-corrected chi connectivity index (χ1v) is 7.92. The summed E-state index contributed by atoms with van der Waals surface area (Å²) in [6, 6.07) is 4.62. The average Bonchev–Trinajstić information content (AvgIpc) is 3.09. The van der Waals surface area contributed by atoms with Gasteiger partial charge in [0.2, 0.25) is 0 Å². The molecule has 2 rings (SSSR count). The Balaban J connectivity index is 2.18. The number of rotatable bonds is 5. The fourth-order valence-corrected chi connectivity index (χ4v) is 2.59. The Morgan fingerprint density at radius 1 is 1.29 bits per heavy atom. The summed E-state index contributed by atoms with van der Waals surface area (Å²) < 4.78 is 5.50. The van der Waals surface area contributed by atoms with Gasteiger partial charge >= 0.3 is 5.97 Å². The second-order valence-corrected chi connectivity index (χ2v) is 7.39. The maximum Gasteiger partial charge on any atom is 0.328 e. The van der Waals surface area contributed by atoms with Crippen molar-refractivity contribution in [1.82, 2.24) is 5.32 Å². The molecule has 1 aliphatic carbocycles. The second kappa shape index (κ2) is 6.55. The van der Waals surface area contributed by atoms with Crippen molar-refractivity contribution in [2.45, 2.75) is 45.3 Å². The number of hydrogen-bond donors (Lipinski definition) is 1. The van der Waals surface area contributed by atoms with Crippen molar-refractivity contribution in [3.63, 3.8) is 0 Å². The van der Waals surface area contributed by atoms with Crippen molar-refractivity contribution in [1.29, 1.82) is 0 Å². The van der Waals surface area contributed by atoms with Gasteiger partial charge in [-0.25, -0.2) is 4.79 Å². The van der Waals surface area contributed by atoms with Crippen LogP contribution in [0.5, 0.6) is 0 Å². The van der Waals surface area contributed by atoms with E-state index in [0.717, 1.165) is 12.1 Å². The van der Waals surface area contributed by atoms with Gasteiger partial charge in [0.05, 0.1) is 0 Å². The molecule has 5 heteroatoms. The molecule has 1 aromatic rings. The molecule has 1 saturated carbocycles. The molecule has 0 saturated heterocycles. The quantitative estimate of drug-likeness (QED) is 0.815. The third kappa shape index (κ3) is 5.50. The molecule has 1 unspecified atom stereocenters. The van der Waals surface area contributed by atoms with Crippen molar-refractivity contribution in [2.75, 3.05) is 6.54 Å². The van der Waals surface area contributed by atoms with Crippen LogP contribution >= 0.6 is 23.2 Å². The highest BCUT2D eigenvalue weighted by Crippen LogP contribution is 2.30. The van der Waals surface area contributed by atoms with Crippen LogP contribution in [0, 0.1) is 5.92 Å². The zero-order chi connectivity index (χ0) is 15.6.